The van der Waals surface area contributed by atoms with Gasteiger partial charge in [-0.2, -0.15) is 0 Å². The number of carbonyl (C=O) groups is 2. The summed E-state index contributed by atoms with van der Waals surface area (Å²) in [6.07, 6.45) is 7.82. The van der Waals surface area contributed by atoms with Crippen molar-refractivity contribution in [2.75, 3.05) is 13.6 Å². The number of carbonyl (C=O) groups excluding carboxylic acids is 2. The van der Waals surface area contributed by atoms with Gasteiger partial charge in [0, 0.05) is 37.0 Å². The molecule has 0 radical (unpaired) electrons. The fourth-order valence-electron chi connectivity index (χ4n) is 3.24. The highest BCUT2D eigenvalue weighted by atomic mass is 16.2. The maximum absolute atomic E-state index is 11.8. The molecule has 2 aliphatic carbocycles. The first-order valence-corrected chi connectivity index (χ1v) is 6.87. The second kappa shape index (κ2) is 4.11. The van der Waals surface area contributed by atoms with Crippen LogP contribution < -0.4 is 5.32 Å². The largest absolute Gasteiger partial charge is 0.355 e. The first kappa shape index (κ1) is 11.8. The second-order valence-electron chi connectivity index (χ2n) is 5.85. The molecule has 0 aromatic heterocycles. The summed E-state index contributed by atoms with van der Waals surface area (Å²) in [5.74, 6) is 0.667. The molecule has 2 amide bonds. The molecule has 0 aromatic carbocycles. The van der Waals surface area contributed by atoms with Crippen LogP contribution in [-0.4, -0.2) is 30.3 Å². The van der Waals surface area contributed by atoms with Crippen LogP contribution in [0.1, 0.15) is 38.5 Å². The Kier molecular flexibility index (Phi) is 2.68. The van der Waals surface area contributed by atoms with Crippen LogP contribution in [0.3, 0.4) is 0 Å². The van der Waals surface area contributed by atoms with Gasteiger partial charge in [-0.1, -0.05) is 6.08 Å². The van der Waals surface area contributed by atoms with E-state index in [0.717, 1.165) is 37.8 Å². The van der Waals surface area contributed by atoms with Crippen molar-refractivity contribution in [2.45, 2.75) is 38.5 Å². The van der Waals surface area contributed by atoms with Crippen molar-refractivity contribution in [3.63, 3.8) is 0 Å². The quantitative estimate of drug-likeness (QED) is 0.821. The average Bonchev–Trinajstić information content (AvgIpc) is 3.12. The van der Waals surface area contributed by atoms with Gasteiger partial charge in [-0.3, -0.25) is 9.59 Å². The monoisotopic (exact) mass is 248 g/mol. The molecular weight excluding hydrogens is 228 g/mol. The minimum absolute atomic E-state index is 0.0210. The number of hydrogen-bond acceptors (Lipinski definition) is 2. The Morgan fingerprint density at radius 3 is 3.00 bits per heavy atom. The molecule has 1 saturated carbocycles. The molecule has 18 heavy (non-hydrogen) atoms. The van der Waals surface area contributed by atoms with E-state index in [4.69, 9.17) is 0 Å². The predicted octanol–water partition coefficient (Wildman–Crippen LogP) is 1.43. The van der Waals surface area contributed by atoms with Gasteiger partial charge in [0.25, 0.3) is 0 Å². The zero-order valence-corrected chi connectivity index (χ0v) is 10.9. The van der Waals surface area contributed by atoms with Crippen LogP contribution in [0.2, 0.25) is 0 Å². The molecule has 3 aliphatic rings. The molecule has 1 heterocycles. The average molecular weight is 248 g/mol. The zero-order valence-electron chi connectivity index (χ0n) is 10.9. The Morgan fingerprint density at radius 1 is 1.50 bits per heavy atom. The standard InChI is InChI=1S/C14H20N2O2/c1-16-11-3-2-7-14(11,8-6-12(16)17)9-15-13(18)10-4-5-10/h3,10H,2,4-9H2,1H3,(H,15,18). The Bertz CT molecular complexity index is 426. The third-order valence-corrected chi connectivity index (χ3v) is 4.61. The Balaban J connectivity index is 1.70. The summed E-state index contributed by atoms with van der Waals surface area (Å²) in [5, 5.41) is 3.09. The predicted molar refractivity (Wildman–Crippen MR) is 67.5 cm³/mol. The minimum Gasteiger partial charge on any atom is -0.355 e. The van der Waals surface area contributed by atoms with E-state index in [-0.39, 0.29) is 23.1 Å². The van der Waals surface area contributed by atoms with E-state index >= 15 is 0 Å². The summed E-state index contributed by atoms with van der Waals surface area (Å²) in [4.78, 5) is 25.3. The third kappa shape index (κ3) is 1.84. The molecule has 1 unspecified atom stereocenters. The summed E-state index contributed by atoms with van der Waals surface area (Å²) in [5.41, 5.74) is 1.16. The Labute approximate surface area is 107 Å². The van der Waals surface area contributed by atoms with Crippen molar-refractivity contribution in [1.82, 2.24) is 10.2 Å². The van der Waals surface area contributed by atoms with E-state index in [9.17, 15) is 9.59 Å². The van der Waals surface area contributed by atoms with E-state index in [1.807, 2.05) is 7.05 Å². The SMILES string of the molecule is CN1C(=O)CCC2(CNC(=O)C3CC3)CCC=C12. The van der Waals surface area contributed by atoms with Gasteiger partial charge in [0.1, 0.15) is 0 Å². The number of nitrogens with zero attached hydrogens (tertiary/aromatic N) is 1. The van der Waals surface area contributed by atoms with Crippen molar-refractivity contribution in [1.29, 1.82) is 0 Å². The van der Waals surface area contributed by atoms with Gasteiger partial charge >= 0.3 is 0 Å². The zero-order chi connectivity index (χ0) is 12.8. The summed E-state index contributed by atoms with van der Waals surface area (Å²) < 4.78 is 0. The van der Waals surface area contributed by atoms with E-state index in [1.54, 1.807) is 4.90 Å². The first-order chi connectivity index (χ1) is 8.62. The van der Waals surface area contributed by atoms with Crippen LogP contribution in [0.15, 0.2) is 11.8 Å². The van der Waals surface area contributed by atoms with Gasteiger partial charge in [-0.05, 0) is 32.1 Å². The molecule has 2 fully saturated rings. The lowest BCUT2D eigenvalue weighted by atomic mass is 9.77. The van der Waals surface area contributed by atoms with Gasteiger partial charge in [0.15, 0.2) is 0 Å². The van der Waals surface area contributed by atoms with Gasteiger partial charge in [-0.25, -0.2) is 0 Å². The fourth-order valence-corrected chi connectivity index (χ4v) is 3.24. The topological polar surface area (TPSA) is 49.4 Å². The van der Waals surface area contributed by atoms with Gasteiger partial charge in [0.05, 0.1) is 0 Å². The Hall–Kier alpha value is -1.32. The Morgan fingerprint density at radius 2 is 2.28 bits per heavy atom. The van der Waals surface area contributed by atoms with Gasteiger partial charge < -0.3 is 10.2 Å². The van der Waals surface area contributed by atoms with Crippen LogP contribution in [0.4, 0.5) is 0 Å². The van der Waals surface area contributed by atoms with Gasteiger partial charge in [0.2, 0.25) is 11.8 Å². The number of nitrogens with one attached hydrogen (secondary N) is 1. The molecule has 98 valence electrons. The van der Waals surface area contributed by atoms with Crippen LogP contribution in [-0.2, 0) is 9.59 Å². The summed E-state index contributed by atoms with van der Waals surface area (Å²) in [6, 6.07) is 0. The molecule has 1 saturated heterocycles. The van der Waals surface area contributed by atoms with Crippen LogP contribution in [0.25, 0.3) is 0 Å². The number of fused-ring (bicyclic) bond motifs is 1. The maximum Gasteiger partial charge on any atom is 0.226 e. The van der Waals surface area contributed by atoms with E-state index in [2.05, 4.69) is 11.4 Å². The lowest BCUT2D eigenvalue weighted by Crippen LogP contribution is -2.47. The van der Waals surface area contributed by atoms with Crippen molar-refractivity contribution in [2.24, 2.45) is 11.3 Å². The number of likely N-dealkylation sites (tertiary alicyclic amines) is 1. The maximum atomic E-state index is 11.8. The normalized spacial score (nSPS) is 31.1. The molecule has 1 N–H and O–H groups in total. The number of amides is 2. The molecule has 3 rings (SSSR count). The number of hydrogen-bond donors (Lipinski definition) is 1. The molecule has 1 aliphatic heterocycles. The van der Waals surface area contributed by atoms with Crippen LogP contribution in [0.5, 0.6) is 0 Å². The number of allylic oxidation sites excluding steroid dienone is 1. The summed E-state index contributed by atoms with van der Waals surface area (Å²) in [6.45, 7) is 0.700. The molecule has 0 spiro atoms. The highest BCUT2D eigenvalue weighted by molar-refractivity contribution is 5.81. The first-order valence-electron chi connectivity index (χ1n) is 6.87. The van der Waals surface area contributed by atoms with E-state index in [0.29, 0.717) is 13.0 Å². The molecule has 0 aromatic rings. The fraction of sp³-hybridized carbons (Fsp3) is 0.714. The van der Waals surface area contributed by atoms with E-state index in [1.165, 1.54) is 0 Å². The van der Waals surface area contributed by atoms with E-state index < -0.39 is 0 Å². The second-order valence-corrected chi connectivity index (χ2v) is 5.85. The van der Waals surface area contributed by atoms with Crippen LogP contribution in [0, 0.1) is 11.3 Å². The number of piperidine rings is 1. The summed E-state index contributed by atoms with van der Waals surface area (Å²) >= 11 is 0. The third-order valence-electron chi connectivity index (χ3n) is 4.61. The smallest absolute Gasteiger partial charge is 0.226 e. The molecule has 4 nitrogen and oxygen atoms in total. The summed E-state index contributed by atoms with van der Waals surface area (Å²) in [7, 11) is 1.86. The highest BCUT2D eigenvalue weighted by Gasteiger charge is 2.44. The molecular formula is C14H20N2O2. The lowest BCUT2D eigenvalue weighted by Gasteiger charge is -2.41. The van der Waals surface area contributed by atoms with Crippen LogP contribution >= 0.6 is 0 Å². The van der Waals surface area contributed by atoms with Crippen molar-refractivity contribution in [3.05, 3.63) is 11.8 Å². The number of rotatable bonds is 3. The highest BCUT2D eigenvalue weighted by Crippen LogP contribution is 2.47. The lowest BCUT2D eigenvalue weighted by molar-refractivity contribution is -0.132. The van der Waals surface area contributed by atoms with Gasteiger partial charge in [-0.15, -0.1) is 0 Å². The van der Waals surface area contributed by atoms with Crippen molar-refractivity contribution >= 4 is 11.8 Å². The van der Waals surface area contributed by atoms with Crippen molar-refractivity contribution in [3.8, 4) is 0 Å². The molecule has 0 bridgehead atoms. The molecule has 1 atom stereocenters. The van der Waals surface area contributed by atoms with Crippen molar-refractivity contribution < 1.29 is 9.59 Å². The minimum atomic E-state index is 0.0210. The molecule has 4 heteroatoms.